The Balaban J connectivity index is 2.00. The maximum atomic E-state index is 12.4. The first-order valence-corrected chi connectivity index (χ1v) is 11.6. The van der Waals surface area contributed by atoms with E-state index in [2.05, 4.69) is 5.32 Å². The topological polar surface area (TPSA) is 84.9 Å². The highest BCUT2D eigenvalue weighted by Gasteiger charge is 2.19. The number of sulfonamides is 1. The fourth-order valence-corrected chi connectivity index (χ4v) is 4.30. The Morgan fingerprint density at radius 2 is 1.80 bits per heavy atom. The summed E-state index contributed by atoms with van der Waals surface area (Å²) in [6, 6.07) is 12.0. The Hall–Kier alpha value is -2.45. The van der Waals surface area contributed by atoms with Crippen molar-refractivity contribution < 1.29 is 22.7 Å². The van der Waals surface area contributed by atoms with Gasteiger partial charge in [0.05, 0.1) is 37.2 Å². The van der Waals surface area contributed by atoms with Crippen molar-refractivity contribution >= 4 is 33.2 Å². The summed E-state index contributed by atoms with van der Waals surface area (Å²) >= 11 is 6.13. The standard InChI is InChI=1S/C21H27ClN2O5S/c1-15(17-8-5-6-9-19(17)28-2)23-21(25)10-7-13-24(30(4,26)27)16-11-12-20(29-3)18(22)14-16/h5-6,8-9,11-12,14-15H,7,10,13H2,1-4H3,(H,23,25)/t15-/m1/s1. The molecule has 0 fully saturated rings. The molecule has 0 bridgehead atoms. The molecule has 0 aromatic heterocycles. The molecule has 0 aliphatic carbocycles. The van der Waals surface area contributed by atoms with Gasteiger partial charge in [-0.2, -0.15) is 0 Å². The van der Waals surface area contributed by atoms with Crippen LogP contribution in [0.5, 0.6) is 11.5 Å². The number of rotatable bonds is 10. The number of para-hydroxylation sites is 1. The molecule has 2 aromatic carbocycles. The Bertz CT molecular complexity index is 981. The van der Waals surface area contributed by atoms with Gasteiger partial charge < -0.3 is 14.8 Å². The van der Waals surface area contributed by atoms with Gasteiger partial charge in [0.25, 0.3) is 0 Å². The molecule has 0 saturated heterocycles. The van der Waals surface area contributed by atoms with Crippen LogP contribution in [0.2, 0.25) is 5.02 Å². The van der Waals surface area contributed by atoms with Gasteiger partial charge in [0.2, 0.25) is 15.9 Å². The first-order valence-electron chi connectivity index (χ1n) is 9.41. The summed E-state index contributed by atoms with van der Waals surface area (Å²) in [4.78, 5) is 12.4. The second-order valence-electron chi connectivity index (χ2n) is 6.79. The fraction of sp³-hybridized carbons (Fsp3) is 0.381. The number of methoxy groups -OCH3 is 2. The molecule has 0 aliphatic rings. The molecule has 7 nitrogen and oxygen atoms in total. The van der Waals surface area contributed by atoms with Gasteiger partial charge in [-0.05, 0) is 37.6 Å². The van der Waals surface area contributed by atoms with Crippen LogP contribution in [-0.2, 0) is 14.8 Å². The number of halogens is 1. The summed E-state index contributed by atoms with van der Waals surface area (Å²) in [5.41, 5.74) is 1.30. The minimum Gasteiger partial charge on any atom is -0.496 e. The number of hydrogen-bond acceptors (Lipinski definition) is 5. The molecule has 1 atom stereocenters. The Morgan fingerprint density at radius 1 is 1.13 bits per heavy atom. The van der Waals surface area contributed by atoms with E-state index in [9.17, 15) is 13.2 Å². The molecule has 9 heteroatoms. The lowest BCUT2D eigenvalue weighted by atomic mass is 10.1. The van der Waals surface area contributed by atoms with E-state index in [1.54, 1.807) is 19.2 Å². The maximum absolute atomic E-state index is 12.4. The van der Waals surface area contributed by atoms with E-state index in [0.717, 1.165) is 11.8 Å². The summed E-state index contributed by atoms with van der Waals surface area (Å²) in [6.07, 6.45) is 1.64. The van der Waals surface area contributed by atoms with Crippen LogP contribution in [-0.4, -0.2) is 41.3 Å². The molecular weight excluding hydrogens is 428 g/mol. The first-order chi connectivity index (χ1) is 14.2. The molecular formula is C21H27ClN2O5S. The number of benzene rings is 2. The van der Waals surface area contributed by atoms with Gasteiger partial charge >= 0.3 is 0 Å². The van der Waals surface area contributed by atoms with Gasteiger partial charge in [0, 0.05) is 18.5 Å². The van der Waals surface area contributed by atoms with Crippen LogP contribution in [0.3, 0.4) is 0 Å². The van der Waals surface area contributed by atoms with Crippen LogP contribution < -0.4 is 19.1 Å². The van der Waals surface area contributed by atoms with Crippen LogP contribution in [0.1, 0.15) is 31.4 Å². The maximum Gasteiger partial charge on any atom is 0.232 e. The van der Waals surface area contributed by atoms with E-state index in [1.165, 1.54) is 17.5 Å². The van der Waals surface area contributed by atoms with Crippen LogP contribution in [0.15, 0.2) is 42.5 Å². The predicted molar refractivity (Wildman–Crippen MR) is 119 cm³/mol. The molecule has 164 valence electrons. The summed E-state index contributed by atoms with van der Waals surface area (Å²) in [5.74, 6) is 0.984. The normalized spacial score (nSPS) is 12.2. The number of nitrogens with zero attached hydrogens (tertiary/aromatic N) is 1. The van der Waals surface area contributed by atoms with Gasteiger partial charge in [-0.3, -0.25) is 9.10 Å². The smallest absolute Gasteiger partial charge is 0.232 e. The molecule has 1 N–H and O–H groups in total. The van der Waals surface area contributed by atoms with Crippen molar-refractivity contribution in [3.05, 3.63) is 53.1 Å². The van der Waals surface area contributed by atoms with Crippen molar-refractivity contribution in [2.45, 2.75) is 25.8 Å². The zero-order valence-electron chi connectivity index (χ0n) is 17.5. The second kappa shape index (κ2) is 10.5. The average molecular weight is 455 g/mol. The van der Waals surface area contributed by atoms with Crippen LogP contribution >= 0.6 is 11.6 Å². The van der Waals surface area contributed by atoms with Crippen LogP contribution in [0.25, 0.3) is 0 Å². The van der Waals surface area contributed by atoms with E-state index in [0.29, 0.717) is 28.6 Å². The second-order valence-corrected chi connectivity index (χ2v) is 9.10. The Morgan fingerprint density at radius 3 is 2.40 bits per heavy atom. The average Bonchev–Trinajstić information content (AvgIpc) is 2.70. The lowest BCUT2D eigenvalue weighted by molar-refractivity contribution is -0.121. The third kappa shape index (κ3) is 6.27. The molecule has 0 spiro atoms. The number of anilines is 1. The third-order valence-corrected chi connectivity index (χ3v) is 6.06. The molecule has 2 aromatic rings. The summed E-state index contributed by atoms with van der Waals surface area (Å²) in [5, 5.41) is 3.23. The van der Waals surface area contributed by atoms with E-state index in [1.807, 2.05) is 31.2 Å². The van der Waals surface area contributed by atoms with Crippen molar-refractivity contribution in [3.63, 3.8) is 0 Å². The van der Waals surface area contributed by atoms with E-state index < -0.39 is 10.0 Å². The van der Waals surface area contributed by atoms with Gasteiger partial charge in [-0.25, -0.2) is 8.42 Å². The van der Waals surface area contributed by atoms with Crippen molar-refractivity contribution in [2.75, 3.05) is 31.3 Å². The van der Waals surface area contributed by atoms with Gasteiger partial charge in [-0.1, -0.05) is 29.8 Å². The molecule has 0 aliphatic heterocycles. The summed E-state index contributed by atoms with van der Waals surface area (Å²) in [7, 11) is -0.474. The van der Waals surface area contributed by atoms with Crippen LogP contribution in [0, 0.1) is 0 Å². The third-order valence-electron chi connectivity index (χ3n) is 4.57. The number of carbonyl (C=O) groups is 1. The highest BCUT2D eigenvalue weighted by Crippen LogP contribution is 2.30. The van der Waals surface area contributed by atoms with Gasteiger partial charge in [0.15, 0.2) is 0 Å². The number of nitrogens with one attached hydrogen (secondary N) is 1. The van der Waals surface area contributed by atoms with Crippen molar-refractivity contribution in [3.8, 4) is 11.5 Å². The summed E-state index contributed by atoms with van der Waals surface area (Å²) < 4.78 is 36.2. The highest BCUT2D eigenvalue weighted by atomic mass is 35.5. The van der Waals surface area contributed by atoms with Crippen LogP contribution in [0.4, 0.5) is 5.69 Å². The zero-order chi connectivity index (χ0) is 22.3. The number of carbonyl (C=O) groups excluding carboxylic acids is 1. The molecule has 0 unspecified atom stereocenters. The zero-order valence-corrected chi connectivity index (χ0v) is 19.1. The SMILES string of the molecule is COc1ccc(N(CCCC(=O)N[C@H](C)c2ccccc2OC)S(C)(=O)=O)cc1Cl. The van der Waals surface area contributed by atoms with Crippen molar-refractivity contribution in [1.29, 1.82) is 0 Å². The number of hydrogen-bond donors (Lipinski definition) is 1. The lowest BCUT2D eigenvalue weighted by Crippen LogP contribution is -2.32. The molecule has 30 heavy (non-hydrogen) atoms. The molecule has 0 heterocycles. The molecule has 0 saturated carbocycles. The highest BCUT2D eigenvalue weighted by molar-refractivity contribution is 7.92. The molecule has 2 rings (SSSR count). The van der Waals surface area contributed by atoms with Gasteiger partial charge in [-0.15, -0.1) is 0 Å². The minimum absolute atomic E-state index is 0.151. The van der Waals surface area contributed by atoms with E-state index in [-0.39, 0.29) is 24.9 Å². The first kappa shape index (κ1) is 23.8. The molecule has 0 radical (unpaired) electrons. The summed E-state index contributed by atoms with van der Waals surface area (Å²) in [6.45, 7) is 2.02. The minimum atomic E-state index is -3.54. The fourth-order valence-electron chi connectivity index (χ4n) is 3.10. The number of amides is 1. The van der Waals surface area contributed by atoms with E-state index in [4.69, 9.17) is 21.1 Å². The molecule has 1 amide bonds. The van der Waals surface area contributed by atoms with Crippen molar-refractivity contribution in [1.82, 2.24) is 5.32 Å². The largest absolute Gasteiger partial charge is 0.496 e. The Kier molecular flexibility index (Phi) is 8.37. The van der Waals surface area contributed by atoms with E-state index >= 15 is 0 Å². The number of ether oxygens (including phenoxy) is 2. The lowest BCUT2D eigenvalue weighted by Gasteiger charge is -2.23. The monoisotopic (exact) mass is 454 g/mol. The van der Waals surface area contributed by atoms with Gasteiger partial charge in [0.1, 0.15) is 11.5 Å². The van der Waals surface area contributed by atoms with Crippen molar-refractivity contribution in [2.24, 2.45) is 0 Å². The predicted octanol–water partition coefficient (Wildman–Crippen LogP) is 3.78. The Labute approximate surface area is 183 Å². The quantitative estimate of drug-likeness (QED) is 0.590.